The van der Waals surface area contributed by atoms with E-state index in [1.165, 1.54) is 38.5 Å². The second kappa shape index (κ2) is 10.0. The lowest BCUT2D eigenvalue weighted by molar-refractivity contribution is -0.169. The van der Waals surface area contributed by atoms with Crippen LogP contribution >= 0.6 is 0 Å². The molecule has 4 saturated carbocycles. The molecule has 0 radical (unpaired) electrons. The third kappa shape index (κ3) is 5.91. The standard InChI is InChI=1S/C20H35NO5/c22-4-1-2-19(23)21-3-5-24-6-7-25-8-9-26-20-13-16-10-17(14-20)12-18(11-16)15-20/h16-18,22H,1-15H2,(H,21,23). The summed E-state index contributed by atoms with van der Waals surface area (Å²) >= 11 is 0. The fourth-order valence-corrected chi connectivity index (χ4v) is 5.44. The zero-order valence-corrected chi connectivity index (χ0v) is 15.9. The second-order valence-corrected chi connectivity index (χ2v) is 8.35. The molecule has 6 heteroatoms. The van der Waals surface area contributed by atoms with E-state index >= 15 is 0 Å². The zero-order chi connectivity index (χ0) is 18.2. The van der Waals surface area contributed by atoms with Gasteiger partial charge in [0.15, 0.2) is 0 Å². The van der Waals surface area contributed by atoms with Crippen LogP contribution in [-0.2, 0) is 19.0 Å². The van der Waals surface area contributed by atoms with Crippen LogP contribution in [0.4, 0.5) is 0 Å². The normalized spacial score (nSPS) is 32.1. The Kier molecular flexibility index (Phi) is 7.73. The van der Waals surface area contributed by atoms with E-state index in [1.807, 2.05) is 0 Å². The van der Waals surface area contributed by atoms with Crippen LogP contribution in [0.1, 0.15) is 51.4 Å². The topological polar surface area (TPSA) is 77.0 Å². The summed E-state index contributed by atoms with van der Waals surface area (Å²) in [5.74, 6) is 2.71. The first-order valence-electron chi connectivity index (χ1n) is 10.4. The van der Waals surface area contributed by atoms with Crippen LogP contribution in [0.5, 0.6) is 0 Å². The first-order valence-corrected chi connectivity index (χ1v) is 10.4. The smallest absolute Gasteiger partial charge is 0.220 e. The molecule has 0 heterocycles. The van der Waals surface area contributed by atoms with Gasteiger partial charge in [-0.05, 0) is 62.7 Å². The van der Waals surface area contributed by atoms with Gasteiger partial charge in [-0.15, -0.1) is 0 Å². The molecule has 6 nitrogen and oxygen atoms in total. The monoisotopic (exact) mass is 369 g/mol. The maximum Gasteiger partial charge on any atom is 0.220 e. The van der Waals surface area contributed by atoms with Gasteiger partial charge in [-0.1, -0.05) is 0 Å². The van der Waals surface area contributed by atoms with Crippen LogP contribution in [-0.4, -0.2) is 62.8 Å². The van der Waals surface area contributed by atoms with Crippen molar-refractivity contribution in [2.24, 2.45) is 17.8 Å². The third-order valence-electron chi connectivity index (χ3n) is 6.12. The Labute approximate surface area is 157 Å². The first-order chi connectivity index (χ1) is 12.7. The molecule has 1 amide bonds. The van der Waals surface area contributed by atoms with Crippen LogP contribution in [0.3, 0.4) is 0 Å². The van der Waals surface area contributed by atoms with Crippen LogP contribution in [0, 0.1) is 17.8 Å². The molecule has 0 saturated heterocycles. The van der Waals surface area contributed by atoms with E-state index in [0.717, 1.165) is 17.8 Å². The van der Waals surface area contributed by atoms with Gasteiger partial charge in [-0.2, -0.15) is 0 Å². The Bertz CT molecular complexity index is 407. The average Bonchev–Trinajstić information content (AvgIpc) is 2.60. The van der Waals surface area contributed by atoms with Gasteiger partial charge in [0.05, 0.1) is 38.6 Å². The number of amides is 1. The molecule has 0 aromatic rings. The van der Waals surface area contributed by atoms with Crippen LogP contribution in [0.25, 0.3) is 0 Å². The van der Waals surface area contributed by atoms with Crippen molar-refractivity contribution < 1.29 is 24.1 Å². The largest absolute Gasteiger partial charge is 0.396 e. The van der Waals surface area contributed by atoms with Crippen molar-refractivity contribution in [3.63, 3.8) is 0 Å². The molecule has 0 aliphatic heterocycles. The number of hydrogen-bond donors (Lipinski definition) is 2. The van der Waals surface area contributed by atoms with Crippen molar-refractivity contribution in [3.8, 4) is 0 Å². The number of carbonyl (C=O) groups excluding carboxylic acids is 1. The zero-order valence-electron chi connectivity index (χ0n) is 15.9. The highest BCUT2D eigenvalue weighted by Crippen LogP contribution is 2.57. The van der Waals surface area contributed by atoms with Crippen LogP contribution in [0.2, 0.25) is 0 Å². The summed E-state index contributed by atoms with van der Waals surface area (Å²) < 4.78 is 17.4. The van der Waals surface area contributed by atoms with E-state index in [4.69, 9.17) is 19.3 Å². The lowest BCUT2D eigenvalue weighted by Gasteiger charge is -2.56. The lowest BCUT2D eigenvalue weighted by Crippen LogP contribution is -2.52. The maximum absolute atomic E-state index is 11.3. The van der Waals surface area contributed by atoms with Gasteiger partial charge < -0.3 is 24.6 Å². The molecule has 0 aromatic heterocycles. The molecule has 4 rings (SSSR count). The van der Waals surface area contributed by atoms with E-state index in [1.54, 1.807) is 0 Å². The number of ether oxygens (including phenoxy) is 3. The van der Waals surface area contributed by atoms with Crippen molar-refractivity contribution in [3.05, 3.63) is 0 Å². The molecule has 4 bridgehead atoms. The number of carbonyl (C=O) groups is 1. The van der Waals surface area contributed by atoms with Crippen molar-refractivity contribution in [1.82, 2.24) is 5.32 Å². The minimum Gasteiger partial charge on any atom is -0.396 e. The Balaban J connectivity index is 1.14. The van der Waals surface area contributed by atoms with Crippen molar-refractivity contribution in [2.75, 3.05) is 46.2 Å². The molecule has 150 valence electrons. The summed E-state index contributed by atoms with van der Waals surface area (Å²) in [6.45, 7) is 3.44. The van der Waals surface area contributed by atoms with Crippen LogP contribution in [0.15, 0.2) is 0 Å². The summed E-state index contributed by atoms with van der Waals surface area (Å²) in [5, 5.41) is 11.4. The van der Waals surface area contributed by atoms with Gasteiger partial charge in [0.1, 0.15) is 0 Å². The first kappa shape index (κ1) is 20.1. The summed E-state index contributed by atoms with van der Waals surface area (Å²) in [4.78, 5) is 11.3. The average molecular weight is 370 g/mol. The van der Waals surface area contributed by atoms with E-state index in [9.17, 15) is 4.79 Å². The summed E-state index contributed by atoms with van der Waals surface area (Å²) in [6.07, 6.45) is 9.01. The van der Waals surface area contributed by atoms with Gasteiger partial charge in [0.2, 0.25) is 5.91 Å². The highest BCUT2D eigenvalue weighted by molar-refractivity contribution is 5.75. The quantitative estimate of drug-likeness (QED) is 0.485. The number of nitrogens with one attached hydrogen (secondary N) is 1. The van der Waals surface area contributed by atoms with Crippen molar-refractivity contribution >= 4 is 5.91 Å². The minimum atomic E-state index is -0.0410. The second-order valence-electron chi connectivity index (χ2n) is 8.35. The third-order valence-corrected chi connectivity index (χ3v) is 6.12. The Morgan fingerprint density at radius 2 is 1.50 bits per heavy atom. The molecular weight excluding hydrogens is 334 g/mol. The molecule has 2 N–H and O–H groups in total. The van der Waals surface area contributed by atoms with Crippen molar-refractivity contribution in [2.45, 2.75) is 57.0 Å². The number of aliphatic hydroxyl groups is 1. The molecule has 0 spiro atoms. The SMILES string of the molecule is O=C(CCCO)NCCOCCOCCOC12CC3CC(CC(C3)C1)C2. The fraction of sp³-hybridized carbons (Fsp3) is 0.950. The molecule has 26 heavy (non-hydrogen) atoms. The molecule has 4 aliphatic carbocycles. The molecule has 4 aliphatic rings. The van der Waals surface area contributed by atoms with Crippen LogP contribution < -0.4 is 5.32 Å². The Morgan fingerprint density at radius 1 is 0.923 bits per heavy atom. The van der Waals surface area contributed by atoms with Gasteiger partial charge in [-0.3, -0.25) is 4.79 Å². The molecule has 0 atom stereocenters. The van der Waals surface area contributed by atoms with E-state index < -0.39 is 0 Å². The van der Waals surface area contributed by atoms with E-state index in [0.29, 0.717) is 52.4 Å². The molecular formula is C20H35NO5. The number of rotatable bonds is 13. The molecule has 4 fully saturated rings. The maximum atomic E-state index is 11.3. The molecule has 0 unspecified atom stereocenters. The minimum absolute atomic E-state index is 0.0410. The Morgan fingerprint density at radius 3 is 2.12 bits per heavy atom. The summed E-state index contributed by atoms with van der Waals surface area (Å²) in [6, 6.07) is 0. The Hall–Kier alpha value is -0.690. The summed E-state index contributed by atoms with van der Waals surface area (Å²) in [7, 11) is 0. The fourth-order valence-electron chi connectivity index (χ4n) is 5.44. The summed E-state index contributed by atoms with van der Waals surface area (Å²) in [5.41, 5.74) is 0.169. The van der Waals surface area contributed by atoms with Gasteiger partial charge in [0, 0.05) is 19.6 Å². The predicted octanol–water partition coefficient (Wildman–Crippen LogP) is 1.89. The van der Waals surface area contributed by atoms with Gasteiger partial charge >= 0.3 is 0 Å². The van der Waals surface area contributed by atoms with Gasteiger partial charge in [-0.25, -0.2) is 0 Å². The predicted molar refractivity (Wildman–Crippen MR) is 97.8 cm³/mol. The van der Waals surface area contributed by atoms with E-state index in [2.05, 4.69) is 5.32 Å². The van der Waals surface area contributed by atoms with E-state index in [-0.39, 0.29) is 18.1 Å². The van der Waals surface area contributed by atoms with Gasteiger partial charge in [0.25, 0.3) is 0 Å². The number of hydrogen-bond acceptors (Lipinski definition) is 5. The highest BCUT2D eigenvalue weighted by Gasteiger charge is 2.51. The number of aliphatic hydroxyl groups excluding tert-OH is 1. The highest BCUT2D eigenvalue weighted by atomic mass is 16.5. The lowest BCUT2D eigenvalue weighted by atomic mass is 9.54. The van der Waals surface area contributed by atoms with Crippen molar-refractivity contribution in [1.29, 1.82) is 0 Å². The molecule has 0 aromatic carbocycles.